The molecule has 1 aromatic heterocycles. The summed E-state index contributed by atoms with van der Waals surface area (Å²) >= 11 is 5.38. The highest BCUT2D eigenvalue weighted by atomic mass is 79.9. The van der Waals surface area contributed by atoms with Gasteiger partial charge in [-0.25, -0.2) is 9.59 Å². The second-order valence-corrected chi connectivity index (χ2v) is 12.6. The van der Waals surface area contributed by atoms with Gasteiger partial charge < -0.3 is 14.4 Å². The van der Waals surface area contributed by atoms with Gasteiger partial charge in [-0.3, -0.25) is 4.79 Å². The number of fused-ring (bicyclic) bond motifs is 1. The third-order valence-electron chi connectivity index (χ3n) is 7.21. The van der Waals surface area contributed by atoms with Crippen LogP contribution in [-0.4, -0.2) is 35.4 Å². The van der Waals surface area contributed by atoms with Gasteiger partial charge in [-0.15, -0.1) is 11.3 Å². The number of hydrogen-bond acceptors (Lipinski definition) is 6. The number of thiophene rings is 1. The third kappa shape index (κ3) is 7.92. The van der Waals surface area contributed by atoms with Gasteiger partial charge in [0.25, 0.3) is 0 Å². The molecule has 0 aliphatic carbocycles. The molecule has 0 spiro atoms. The molecule has 0 radical (unpaired) electrons. The van der Waals surface area contributed by atoms with Gasteiger partial charge >= 0.3 is 11.9 Å². The molecule has 1 amide bonds. The number of halogens is 1. The summed E-state index contributed by atoms with van der Waals surface area (Å²) in [6, 6.07) is 22.4. The lowest BCUT2D eigenvalue weighted by Crippen LogP contribution is -2.48. The first-order valence-corrected chi connectivity index (χ1v) is 16.3. The van der Waals surface area contributed by atoms with E-state index in [1.165, 1.54) is 0 Å². The fraction of sp³-hybridized carbons (Fsp3) is 0.343. The molecule has 43 heavy (non-hydrogen) atoms. The van der Waals surface area contributed by atoms with Crippen LogP contribution in [0.5, 0.6) is 0 Å². The maximum atomic E-state index is 13.6. The average molecular weight is 665 g/mol. The van der Waals surface area contributed by atoms with Crippen LogP contribution in [0.2, 0.25) is 0 Å². The van der Waals surface area contributed by atoms with Crippen molar-refractivity contribution in [2.45, 2.75) is 66.2 Å². The Morgan fingerprint density at radius 1 is 0.907 bits per heavy atom. The first-order chi connectivity index (χ1) is 20.7. The van der Waals surface area contributed by atoms with E-state index in [0.717, 1.165) is 49.0 Å². The molecule has 0 aliphatic heterocycles. The normalized spacial score (nSPS) is 11.9. The van der Waals surface area contributed by atoms with Crippen LogP contribution in [0, 0.1) is 5.92 Å². The zero-order chi connectivity index (χ0) is 30.9. The maximum Gasteiger partial charge on any atom is 0.338 e. The first-order valence-electron chi connectivity index (χ1n) is 14.7. The lowest BCUT2D eigenvalue weighted by Gasteiger charge is -2.33. The fourth-order valence-corrected chi connectivity index (χ4v) is 7.07. The number of nitrogens with zero attached hydrogens (tertiary/aromatic N) is 1. The highest BCUT2D eigenvalue weighted by Gasteiger charge is 2.34. The summed E-state index contributed by atoms with van der Waals surface area (Å²) in [5.74, 6) is -0.968. The summed E-state index contributed by atoms with van der Waals surface area (Å²) in [4.78, 5) is 42.3. The van der Waals surface area contributed by atoms with E-state index in [0.29, 0.717) is 18.6 Å². The fourth-order valence-electron chi connectivity index (χ4n) is 5.04. The second-order valence-electron chi connectivity index (χ2n) is 10.7. The largest absolute Gasteiger partial charge is 0.462 e. The summed E-state index contributed by atoms with van der Waals surface area (Å²) in [5, 5.41) is 0.977. The van der Waals surface area contributed by atoms with Gasteiger partial charge in [-0.05, 0) is 64.5 Å². The van der Waals surface area contributed by atoms with E-state index < -0.39 is 12.0 Å². The molecule has 0 saturated carbocycles. The maximum absolute atomic E-state index is 13.6. The van der Waals surface area contributed by atoms with Gasteiger partial charge in [-0.1, -0.05) is 81.8 Å². The minimum Gasteiger partial charge on any atom is -0.462 e. The standard InChI is InChI=1S/C35H38BrNO5S/c1-5-7-17-30(38)37(32(23(3)4)35(40)42-22-24-13-9-8-10-14-24)21-25-18-19-29-28(20-25)31(36)33(43-29)26-15-11-12-16-27(26)34(39)41-6-2/h8-16,18-20,23,32H,5-7,17,21-22H2,1-4H3/t32-/m0/s1. The van der Waals surface area contributed by atoms with Crippen molar-refractivity contribution in [1.82, 2.24) is 4.90 Å². The van der Waals surface area contributed by atoms with Crippen molar-refractivity contribution in [3.63, 3.8) is 0 Å². The number of carbonyl (C=O) groups is 3. The van der Waals surface area contributed by atoms with Crippen LogP contribution in [0.1, 0.15) is 68.4 Å². The zero-order valence-electron chi connectivity index (χ0n) is 25.1. The molecule has 0 saturated heterocycles. The predicted octanol–water partition coefficient (Wildman–Crippen LogP) is 8.79. The molecule has 1 atom stereocenters. The predicted molar refractivity (Wildman–Crippen MR) is 176 cm³/mol. The lowest BCUT2D eigenvalue weighted by molar-refractivity contribution is -0.159. The lowest BCUT2D eigenvalue weighted by atomic mass is 10.00. The Kier molecular flexibility index (Phi) is 11.5. The van der Waals surface area contributed by atoms with Gasteiger partial charge in [0.2, 0.25) is 5.91 Å². The first kappa shape index (κ1) is 32.4. The number of rotatable bonds is 13. The van der Waals surface area contributed by atoms with Crippen molar-refractivity contribution < 1.29 is 23.9 Å². The van der Waals surface area contributed by atoms with Crippen molar-refractivity contribution in [3.8, 4) is 10.4 Å². The molecule has 3 aromatic carbocycles. The summed E-state index contributed by atoms with van der Waals surface area (Å²) < 4.78 is 12.9. The van der Waals surface area contributed by atoms with Crippen molar-refractivity contribution in [2.24, 2.45) is 5.92 Å². The molecule has 0 bridgehead atoms. The van der Waals surface area contributed by atoms with Crippen LogP contribution in [-0.2, 0) is 32.2 Å². The third-order valence-corrected chi connectivity index (χ3v) is 9.50. The Morgan fingerprint density at radius 3 is 2.33 bits per heavy atom. The number of esters is 2. The molecule has 0 aliphatic rings. The molecule has 4 rings (SSSR count). The highest BCUT2D eigenvalue weighted by Crippen LogP contribution is 2.44. The van der Waals surface area contributed by atoms with Crippen molar-refractivity contribution >= 4 is 55.2 Å². The highest BCUT2D eigenvalue weighted by molar-refractivity contribution is 9.10. The van der Waals surface area contributed by atoms with E-state index in [4.69, 9.17) is 9.47 Å². The van der Waals surface area contributed by atoms with Crippen LogP contribution in [0.4, 0.5) is 0 Å². The quantitative estimate of drug-likeness (QED) is 0.134. The Bertz CT molecular complexity index is 1570. The molecular formula is C35H38BrNO5S. The van der Waals surface area contributed by atoms with Crippen molar-refractivity contribution in [1.29, 1.82) is 0 Å². The van der Waals surface area contributed by atoms with E-state index >= 15 is 0 Å². The average Bonchev–Trinajstić information content (AvgIpc) is 3.34. The van der Waals surface area contributed by atoms with Gasteiger partial charge in [0.1, 0.15) is 12.6 Å². The Hall–Kier alpha value is -3.49. The minimum atomic E-state index is -0.721. The zero-order valence-corrected chi connectivity index (χ0v) is 27.5. The van der Waals surface area contributed by atoms with E-state index in [1.54, 1.807) is 29.2 Å². The number of ether oxygens (including phenoxy) is 2. The van der Waals surface area contributed by atoms with Crippen LogP contribution < -0.4 is 0 Å². The molecule has 0 unspecified atom stereocenters. The molecule has 6 nitrogen and oxygen atoms in total. The van der Waals surface area contributed by atoms with Gasteiger partial charge in [0.15, 0.2) is 0 Å². The number of amides is 1. The van der Waals surface area contributed by atoms with E-state index in [2.05, 4.69) is 22.0 Å². The van der Waals surface area contributed by atoms with Crippen molar-refractivity contribution in [2.75, 3.05) is 6.61 Å². The molecule has 0 N–H and O–H groups in total. The smallest absolute Gasteiger partial charge is 0.338 e. The monoisotopic (exact) mass is 663 g/mol. The number of unbranched alkanes of at least 4 members (excludes halogenated alkanes) is 1. The van der Waals surface area contributed by atoms with Crippen LogP contribution in [0.25, 0.3) is 20.5 Å². The molecule has 226 valence electrons. The summed E-state index contributed by atoms with van der Waals surface area (Å²) in [5.41, 5.74) is 3.11. The summed E-state index contributed by atoms with van der Waals surface area (Å²) in [7, 11) is 0. The van der Waals surface area contributed by atoms with Gasteiger partial charge in [0.05, 0.1) is 17.0 Å². The molecule has 0 fully saturated rings. The van der Waals surface area contributed by atoms with Gasteiger partial charge in [-0.2, -0.15) is 0 Å². The van der Waals surface area contributed by atoms with Gasteiger partial charge in [0, 0.05) is 33.1 Å². The number of hydrogen-bond donors (Lipinski definition) is 0. The Morgan fingerprint density at radius 2 is 1.63 bits per heavy atom. The van der Waals surface area contributed by atoms with E-state index in [1.807, 2.05) is 81.4 Å². The van der Waals surface area contributed by atoms with E-state index in [9.17, 15) is 14.4 Å². The molecule has 1 heterocycles. The summed E-state index contributed by atoms with van der Waals surface area (Å²) in [6.45, 7) is 8.46. The van der Waals surface area contributed by atoms with Crippen LogP contribution in [0.3, 0.4) is 0 Å². The topological polar surface area (TPSA) is 72.9 Å². The second kappa shape index (κ2) is 15.3. The SMILES string of the molecule is CCCCC(=O)N(Cc1ccc2sc(-c3ccccc3C(=O)OCC)c(Br)c2c1)[C@H](C(=O)OCc1ccccc1)C(C)C. The van der Waals surface area contributed by atoms with Crippen LogP contribution >= 0.6 is 27.3 Å². The van der Waals surface area contributed by atoms with Crippen LogP contribution in [0.15, 0.2) is 77.3 Å². The Balaban J connectivity index is 1.66. The number of carbonyl (C=O) groups excluding carboxylic acids is 3. The Labute approximate surface area is 266 Å². The minimum absolute atomic E-state index is 0.0641. The summed E-state index contributed by atoms with van der Waals surface area (Å²) in [6.07, 6.45) is 2.00. The van der Waals surface area contributed by atoms with Crippen molar-refractivity contribution in [3.05, 3.63) is 94.0 Å². The molecule has 4 aromatic rings. The number of benzene rings is 3. The molecule has 8 heteroatoms. The molecular weight excluding hydrogens is 626 g/mol. The van der Waals surface area contributed by atoms with E-state index in [-0.39, 0.29) is 30.9 Å².